The van der Waals surface area contributed by atoms with E-state index in [0.717, 1.165) is 12.8 Å². The van der Waals surface area contributed by atoms with Crippen molar-refractivity contribution in [1.29, 1.82) is 0 Å². The van der Waals surface area contributed by atoms with Gasteiger partial charge in [0.05, 0.1) is 18.8 Å². The SMILES string of the molecule is C=C[C@@H]1CCC(COC)O1. The van der Waals surface area contributed by atoms with Crippen molar-refractivity contribution < 1.29 is 9.47 Å². The Balaban J connectivity index is 2.21. The lowest BCUT2D eigenvalue weighted by atomic mass is 10.2. The molecule has 0 N–H and O–H groups in total. The van der Waals surface area contributed by atoms with Gasteiger partial charge in [0.15, 0.2) is 0 Å². The molecule has 0 bridgehead atoms. The van der Waals surface area contributed by atoms with Gasteiger partial charge in [0, 0.05) is 7.11 Å². The van der Waals surface area contributed by atoms with E-state index in [-0.39, 0.29) is 6.10 Å². The minimum atomic E-state index is 0.264. The fourth-order valence-corrected chi connectivity index (χ4v) is 1.22. The Hall–Kier alpha value is -0.340. The molecule has 1 unspecified atom stereocenters. The second kappa shape index (κ2) is 3.74. The first kappa shape index (κ1) is 7.76. The molecule has 1 saturated heterocycles. The van der Waals surface area contributed by atoms with Crippen LogP contribution >= 0.6 is 0 Å². The summed E-state index contributed by atoms with van der Waals surface area (Å²) in [6.07, 6.45) is 4.62. The Kier molecular flexibility index (Phi) is 2.90. The van der Waals surface area contributed by atoms with Crippen LogP contribution in [0.15, 0.2) is 12.7 Å². The lowest BCUT2D eigenvalue weighted by Crippen LogP contribution is -2.14. The molecule has 0 aromatic rings. The summed E-state index contributed by atoms with van der Waals surface area (Å²) in [6, 6.07) is 0. The molecule has 0 radical (unpaired) electrons. The summed E-state index contributed by atoms with van der Waals surface area (Å²) in [5, 5.41) is 0. The van der Waals surface area contributed by atoms with E-state index in [1.807, 2.05) is 6.08 Å². The molecule has 2 nitrogen and oxygen atoms in total. The zero-order valence-corrected chi connectivity index (χ0v) is 6.38. The van der Waals surface area contributed by atoms with E-state index in [2.05, 4.69) is 6.58 Å². The van der Waals surface area contributed by atoms with Crippen LogP contribution in [0.3, 0.4) is 0 Å². The van der Waals surface area contributed by atoms with E-state index in [0.29, 0.717) is 12.7 Å². The molecule has 0 saturated carbocycles. The first-order valence-corrected chi connectivity index (χ1v) is 3.63. The molecule has 0 aromatic carbocycles. The molecule has 58 valence electrons. The molecule has 2 heteroatoms. The molecule has 10 heavy (non-hydrogen) atoms. The van der Waals surface area contributed by atoms with Gasteiger partial charge in [-0.15, -0.1) is 6.58 Å². The zero-order valence-electron chi connectivity index (χ0n) is 6.38. The quantitative estimate of drug-likeness (QED) is 0.554. The van der Waals surface area contributed by atoms with Crippen molar-refractivity contribution >= 4 is 0 Å². The van der Waals surface area contributed by atoms with Gasteiger partial charge in [0.1, 0.15) is 0 Å². The third kappa shape index (κ3) is 1.82. The van der Waals surface area contributed by atoms with E-state index < -0.39 is 0 Å². The van der Waals surface area contributed by atoms with Crippen LogP contribution in [0, 0.1) is 0 Å². The minimum absolute atomic E-state index is 0.264. The first-order chi connectivity index (χ1) is 4.86. The fraction of sp³-hybridized carbons (Fsp3) is 0.750. The lowest BCUT2D eigenvalue weighted by molar-refractivity contribution is 0.0151. The maximum atomic E-state index is 5.51. The molecule has 2 atom stereocenters. The molecule has 0 amide bonds. The van der Waals surface area contributed by atoms with Gasteiger partial charge >= 0.3 is 0 Å². The molecule has 1 heterocycles. The Morgan fingerprint density at radius 3 is 3.00 bits per heavy atom. The number of hydrogen-bond acceptors (Lipinski definition) is 2. The van der Waals surface area contributed by atoms with Crippen molar-refractivity contribution in [2.45, 2.75) is 25.0 Å². The van der Waals surface area contributed by atoms with Gasteiger partial charge in [-0.1, -0.05) is 6.08 Å². The summed E-state index contributed by atoms with van der Waals surface area (Å²) >= 11 is 0. The van der Waals surface area contributed by atoms with Gasteiger partial charge in [-0.2, -0.15) is 0 Å². The maximum Gasteiger partial charge on any atom is 0.0817 e. The number of rotatable bonds is 3. The van der Waals surface area contributed by atoms with Crippen molar-refractivity contribution in [3.05, 3.63) is 12.7 Å². The molecule has 1 aliphatic heterocycles. The van der Waals surface area contributed by atoms with Crippen molar-refractivity contribution in [2.24, 2.45) is 0 Å². The van der Waals surface area contributed by atoms with Crippen molar-refractivity contribution in [2.75, 3.05) is 13.7 Å². The van der Waals surface area contributed by atoms with Crippen LogP contribution in [-0.2, 0) is 9.47 Å². The standard InChI is InChI=1S/C8H14O2/c1-3-7-4-5-8(10-7)6-9-2/h3,7-8H,1,4-6H2,2H3/t7-,8?/m1/s1. The van der Waals surface area contributed by atoms with E-state index in [1.165, 1.54) is 0 Å². The molecule has 0 aliphatic carbocycles. The molecule has 1 aliphatic rings. The van der Waals surface area contributed by atoms with Gasteiger partial charge in [0.25, 0.3) is 0 Å². The average Bonchev–Trinajstić information content (AvgIpc) is 2.37. The predicted molar refractivity (Wildman–Crippen MR) is 40.0 cm³/mol. The summed E-state index contributed by atoms with van der Waals surface area (Å²) in [4.78, 5) is 0. The van der Waals surface area contributed by atoms with Crippen LogP contribution in [0.25, 0.3) is 0 Å². The Labute approximate surface area is 61.8 Å². The van der Waals surface area contributed by atoms with Gasteiger partial charge in [-0.25, -0.2) is 0 Å². The summed E-state index contributed by atoms with van der Waals surface area (Å²) in [7, 11) is 1.70. The average molecular weight is 142 g/mol. The van der Waals surface area contributed by atoms with Gasteiger partial charge in [-0.3, -0.25) is 0 Å². The molecular formula is C8H14O2. The van der Waals surface area contributed by atoms with Gasteiger partial charge in [0.2, 0.25) is 0 Å². The molecular weight excluding hydrogens is 128 g/mol. The molecule has 1 rings (SSSR count). The molecule has 0 spiro atoms. The molecule has 0 aromatic heterocycles. The summed E-state index contributed by atoms with van der Waals surface area (Å²) < 4.78 is 10.5. The second-order valence-corrected chi connectivity index (χ2v) is 2.56. The Morgan fingerprint density at radius 2 is 2.50 bits per heavy atom. The van der Waals surface area contributed by atoms with Gasteiger partial charge in [-0.05, 0) is 12.8 Å². The van der Waals surface area contributed by atoms with Crippen molar-refractivity contribution in [3.8, 4) is 0 Å². The van der Waals surface area contributed by atoms with Crippen LogP contribution in [-0.4, -0.2) is 25.9 Å². The third-order valence-corrected chi connectivity index (χ3v) is 1.76. The van der Waals surface area contributed by atoms with Crippen LogP contribution < -0.4 is 0 Å². The van der Waals surface area contributed by atoms with Gasteiger partial charge < -0.3 is 9.47 Å². The van der Waals surface area contributed by atoms with Crippen LogP contribution in [0.1, 0.15) is 12.8 Å². The highest BCUT2D eigenvalue weighted by Gasteiger charge is 2.22. The Morgan fingerprint density at radius 1 is 1.70 bits per heavy atom. The van der Waals surface area contributed by atoms with E-state index in [9.17, 15) is 0 Å². The van der Waals surface area contributed by atoms with Crippen molar-refractivity contribution in [3.63, 3.8) is 0 Å². The normalized spacial score (nSPS) is 32.5. The van der Waals surface area contributed by atoms with E-state index in [1.54, 1.807) is 7.11 Å². The van der Waals surface area contributed by atoms with Crippen LogP contribution in [0.5, 0.6) is 0 Å². The number of ether oxygens (including phenoxy) is 2. The molecule has 1 fully saturated rings. The highest BCUT2D eigenvalue weighted by atomic mass is 16.5. The minimum Gasteiger partial charge on any atom is -0.382 e. The van der Waals surface area contributed by atoms with E-state index >= 15 is 0 Å². The topological polar surface area (TPSA) is 18.5 Å². The van der Waals surface area contributed by atoms with Crippen LogP contribution in [0.2, 0.25) is 0 Å². The second-order valence-electron chi connectivity index (χ2n) is 2.56. The lowest BCUT2D eigenvalue weighted by Gasteiger charge is -2.08. The monoisotopic (exact) mass is 142 g/mol. The third-order valence-electron chi connectivity index (χ3n) is 1.76. The smallest absolute Gasteiger partial charge is 0.0817 e. The largest absolute Gasteiger partial charge is 0.382 e. The van der Waals surface area contributed by atoms with Crippen molar-refractivity contribution in [1.82, 2.24) is 0 Å². The zero-order chi connectivity index (χ0) is 7.40. The highest BCUT2D eigenvalue weighted by Crippen LogP contribution is 2.19. The fourth-order valence-electron chi connectivity index (χ4n) is 1.22. The number of methoxy groups -OCH3 is 1. The number of hydrogen-bond donors (Lipinski definition) is 0. The Bertz CT molecular complexity index is 112. The highest BCUT2D eigenvalue weighted by molar-refractivity contribution is 4.86. The summed E-state index contributed by atoms with van der Waals surface area (Å²) in [6.45, 7) is 4.38. The summed E-state index contributed by atoms with van der Waals surface area (Å²) in [5.41, 5.74) is 0. The maximum absolute atomic E-state index is 5.51. The summed E-state index contributed by atoms with van der Waals surface area (Å²) in [5.74, 6) is 0. The van der Waals surface area contributed by atoms with Crippen LogP contribution in [0.4, 0.5) is 0 Å². The predicted octanol–water partition coefficient (Wildman–Crippen LogP) is 1.37. The first-order valence-electron chi connectivity index (χ1n) is 3.63. The van der Waals surface area contributed by atoms with E-state index in [4.69, 9.17) is 9.47 Å².